The van der Waals surface area contributed by atoms with Gasteiger partial charge in [0.1, 0.15) is 0 Å². The van der Waals surface area contributed by atoms with Gasteiger partial charge in [-0.15, -0.1) is 0 Å². The quantitative estimate of drug-likeness (QED) is 0.753. The minimum Gasteiger partial charge on any atom is -0.381 e. The van der Waals surface area contributed by atoms with E-state index in [4.69, 9.17) is 10.5 Å². The third-order valence-corrected chi connectivity index (χ3v) is 3.51. The minimum atomic E-state index is 0.277. The molecular formula is C12H26N2O. The van der Waals surface area contributed by atoms with Crippen LogP contribution in [-0.4, -0.2) is 44.3 Å². The molecule has 90 valence electrons. The van der Waals surface area contributed by atoms with Crippen LogP contribution in [0.4, 0.5) is 0 Å². The van der Waals surface area contributed by atoms with Crippen molar-refractivity contribution in [3.8, 4) is 0 Å². The largest absolute Gasteiger partial charge is 0.381 e. The summed E-state index contributed by atoms with van der Waals surface area (Å²) in [4.78, 5) is 2.47. The first-order chi connectivity index (χ1) is 7.05. The van der Waals surface area contributed by atoms with Gasteiger partial charge in [0.2, 0.25) is 0 Å². The third kappa shape index (κ3) is 4.49. The minimum absolute atomic E-state index is 0.277. The van der Waals surface area contributed by atoms with Gasteiger partial charge in [0, 0.05) is 19.3 Å². The smallest absolute Gasteiger partial charge is 0.0480 e. The summed E-state index contributed by atoms with van der Waals surface area (Å²) in [6.07, 6.45) is 3.54. The Hall–Kier alpha value is -0.120. The van der Waals surface area contributed by atoms with E-state index in [0.717, 1.165) is 26.3 Å². The summed E-state index contributed by atoms with van der Waals surface area (Å²) in [6, 6.07) is 0.715. The Kier molecular flexibility index (Phi) is 5.03. The molecule has 1 saturated heterocycles. The highest BCUT2D eigenvalue weighted by molar-refractivity contribution is 4.76. The maximum Gasteiger partial charge on any atom is 0.0480 e. The zero-order valence-corrected chi connectivity index (χ0v) is 10.5. The van der Waals surface area contributed by atoms with Crippen molar-refractivity contribution in [1.82, 2.24) is 4.90 Å². The Balaban J connectivity index is 2.25. The van der Waals surface area contributed by atoms with E-state index in [-0.39, 0.29) is 5.41 Å². The molecule has 1 fully saturated rings. The second-order valence-electron chi connectivity index (χ2n) is 5.44. The van der Waals surface area contributed by atoms with Crippen LogP contribution in [0.5, 0.6) is 0 Å². The van der Waals surface area contributed by atoms with Crippen LogP contribution in [0.2, 0.25) is 0 Å². The fourth-order valence-electron chi connectivity index (χ4n) is 1.89. The first-order valence-electron chi connectivity index (χ1n) is 6.03. The zero-order valence-electron chi connectivity index (χ0n) is 10.5. The van der Waals surface area contributed by atoms with Crippen molar-refractivity contribution in [2.75, 3.05) is 33.4 Å². The Bertz CT molecular complexity index is 176. The molecular weight excluding hydrogens is 188 g/mol. The van der Waals surface area contributed by atoms with E-state index in [2.05, 4.69) is 25.8 Å². The van der Waals surface area contributed by atoms with Gasteiger partial charge < -0.3 is 15.4 Å². The molecule has 1 aliphatic heterocycles. The predicted molar refractivity (Wildman–Crippen MR) is 63.9 cm³/mol. The monoisotopic (exact) mass is 214 g/mol. The van der Waals surface area contributed by atoms with Gasteiger partial charge in [0.05, 0.1) is 0 Å². The fraction of sp³-hybridized carbons (Fsp3) is 1.00. The first kappa shape index (κ1) is 12.9. The molecule has 0 spiro atoms. The van der Waals surface area contributed by atoms with Crippen LogP contribution in [0, 0.1) is 5.41 Å². The summed E-state index contributed by atoms with van der Waals surface area (Å²) >= 11 is 0. The second kappa shape index (κ2) is 5.83. The van der Waals surface area contributed by atoms with Crippen LogP contribution in [0.25, 0.3) is 0 Å². The van der Waals surface area contributed by atoms with Crippen molar-refractivity contribution in [3.05, 3.63) is 0 Å². The van der Waals surface area contributed by atoms with Crippen LogP contribution in [0.1, 0.15) is 33.1 Å². The second-order valence-corrected chi connectivity index (χ2v) is 5.44. The summed E-state index contributed by atoms with van der Waals surface area (Å²) in [5, 5.41) is 0. The lowest BCUT2D eigenvalue weighted by atomic mass is 9.89. The summed E-state index contributed by atoms with van der Waals surface area (Å²) < 4.78 is 5.37. The van der Waals surface area contributed by atoms with E-state index in [1.54, 1.807) is 0 Å². The maximum atomic E-state index is 5.73. The molecule has 2 N–H and O–H groups in total. The summed E-state index contributed by atoms with van der Waals surface area (Å²) in [7, 11) is 2.22. The third-order valence-electron chi connectivity index (χ3n) is 3.51. The molecule has 3 heteroatoms. The van der Waals surface area contributed by atoms with E-state index < -0.39 is 0 Å². The zero-order chi connectivity index (χ0) is 11.3. The Morgan fingerprint density at radius 2 is 1.93 bits per heavy atom. The molecule has 0 aromatic carbocycles. The Morgan fingerprint density at radius 1 is 1.33 bits per heavy atom. The van der Waals surface area contributed by atoms with Crippen molar-refractivity contribution >= 4 is 0 Å². The molecule has 3 nitrogen and oxygen atoms in total. The van der Waals surface area contributed by atoms with Gasteiger partial charge in [-0.05, 0) is 44.8 Å². The van der Waals surface area contributed by atoms with E-state index in [1.165, 1.54) is 19.3 Å². The molecule has 0 bridgehead atoms. The Labute approximate surface area is 94.0 Å². The van der Waals surface area contributed by atoms with Crippen LogP contribution in [-0.2, 0) is 4.74 Å². The van der Waals surface area contributed by atoms with Gasteiger partial charge in [-0.2, -0.15) is 0 Å². The average molecular weight is 214 g/mol. The van der Waals surface area contributed by atoms with Gasteiger partial charge in [-0.25, -0.2) is 0 Å². The molecule has 0 unspecified atom stereocenters. The SMILES string of the molecule is CN(CCC(C)(C)CN)C1CCOCC1. The molecule has 0 aromatic rings. The maximum absolute atomic E-state index is 5.73. The number of hydrogen-bond acceptors (Lipinski definition) is 3. The molecule has 0 saturated carbocycles. The summed E-state index contributed by atoms with van der Waals surface area (Å²) in [5.41, 5.74) is 6.01. The molecule has 0 aliphatic carbocycles. The van der Waals surface area contributed by atoms with Crippen molar-refractivity contribution in [2.45, 2.75) is 39.2 Å². The predicted octanol–water partition coefficient (Wildman–Crippen LogP) is 1.47. The molecule has 0 radical (unpaired) electrons. The van der Waals surface area contributed by atoms with Gasteiger partial charge in [0.15, 0.2) is 0 Å². The number of nitrogens with two attached hydrogens (primary N) is 1. The number of hydrogen-bond donors (Lipinski definition) is 1. The molecule has 1 heterocycles. The van der Waals surface area contributed by atoms with E-state index in [1.807, 2.05) is 0 Å². The lowest BCUT2D eigenvalue weighted by Gasteiger charge is -2.33. The van der Waals surface area contributed by atoms with Crippen LogP contribution >= 0.6 is 0 Å². The van der Waals surface area contributed by atoms with Gasteiger partial charge in [-0.3, -0.25) is 0 Å². The highest BCUT2D eigenvalue weighted by Crippen LogP contribution is 2.20. The van der Waals surface area contributed by atoms with Gasteiger partial charge >= 0.3 is 0 Å². The number of ether oxygens (including phenoxy) is 1. The average Bonchev–Trinajstić information content (AvgIpc) is 2.27. The standard InChI is InChI=1S/C12H26N2O/c1-12(2,10-13)6-7-14(3)11-4-8-15-9-5-11/h11H,4-10,13H2,1-3H3. The van der Waals surface area contributed by atoms with Gasteiger partial charge in [0.25, 0.3) is 0 Å². The van der Waals surface area contributed by atoms with Crippen molar-refractivity contribution in [3.63, 3.8) is 0 Å². The first-order valence-corrected chi connectivity index (χ1v) is 6.03. The van der Waals surface area contributed by atoms with Gasteiger partial charge in [-0.1, -0.05) is 13.8 Å². The van der Waals surface area contributed by atoms with Crippen molar-refractivity contribution < 1.29 is 4.74 Å². The number of rotatable bonds is 5. The normalized spacial score (nSPS) is 19.8. The van der Waals surface area contributed by atoms with E-state index in [9.17, 15) is 0 Å². The Morgan fingerprint density at radius 3 is 2.47 bits per heavy atom. The molecule has 0 atom stereocenters. The molecule has 1 aliphatic rings. The van der Waals surface area contributed by atoms with E-state index >= 15 is 0 Å². The fourth-order valence-corrected chi connectivity index (χ4v) is 1.89. The van der Waals surface area contributed by atoms with E-state index in [0.29, 0.717) is 6.04 Å². The van der Waals surface area contributed by atoms with Crippen molar-refractivity contribution in [2.24, 2.45) is 11.1 Å². The van der Waals surface area contributed by atoms with Crippen LogP contribution in [0.15, 0.2) is 0 Å². The highest BCUT2D eigenvalue weighted by Gasteiger charge is 2.21. The summed E-state index contributed by atoms with van der Waals surface area (Å²) in [5.74, 6) is 0. The van der Waals surface area contributed by atoms with Crippen LogP contribution < -0.4 is 5.73 Å². The molecule has 1 rings (SSSR count). The highest BCUT2D eigenvalue weighted by atomic mass is 16.5. The molecule has 15 heavy (non-hydrogen) atoms. The lowest BCUT2D eigenvalue weighted by molar-refractivity contribution is 0.0398. The molecule has 0 amide bonds. The topological polar surface area (TPSA) is 38.5 Å². The lowest BCUT2D eigenvalue weighted by Crippen LogP contribution is -2.39. The van der Waals surface area contributed by atoms with Crippen molar-refractivity contribution in [1.29, 1.82) is 0 Å². The summed E-state index contributed by atoms with van der Waals surface area (Å²) in [6.45, 7) is 8.25. The number of nitrogens with zero attached hydrogens (tertiary/aromatic N) is 1. The molecule has 0 aromatic heterocycles. The van der Waals surface area contributed by atoms with Crippen LogP contribution in [0.3, 0.4) is 0 Å².